The summed E-state index contributed by atoms with van der Waals surface area (Å²) in [6.45, 7) is 6.07. The van der Waals surface area contributed by atoms with Crippen molar-refractivity contribution in [2.45, 2.75) is 45.6 Å². The normalized spacial score (nSPS) is 13.6. The number of benzene rings is 2. The van der Waals surface area contributed by atoms with Crippen molar-refractivity contribution >= 4 is 0 Å². The largest absolute Gasteiger partial charge is 0.490 e. The van der Waals surface area contributed by atoms with Gasteiger partial charge < -0.3 is 14.0 Å². The molecule has 3 aromatic rings. The molecule has 0 amide bonds. The Labute approximate surface area is 176 Å². The van der Waals surface area contributed by atoms with E-state index in [9.17, 15) is 4.39 Å². The van der Waals surface area contributed by atoms with Crippen LogP contribution in [0.2, 0.25) is 0 Å². The van der Waals surface area contributed by atoms with Crippen LogP contribution in [0.15, 0.2) is 54.9 Å². The number of ether oxygens (including phenoxy) is 2. The second-order valence-electron chi connectivity index (χ2n) is 6.92. The van der Waals surface area contributed by atoms with Crippen LogP contribution in [0.3, 0.4) is 0 Å². The van der Waals surface area contributed by atoms with Crippen molar-refractivity contribution in [2.24, 2.45) is 0 Å². The van der Waals surface area contributed by atoms with E-state index in [-0.39, 0.29) is 24.0 Å². The molecule has 1 unspecified atom stereocenters. The Hall–Kier alpha value is -3.33. The first kappa shape index (κ1) is 21.4. The Morgan fingerprint density at radius 3 is 2.73 bits per heavy atom. The van der Waals surface area contributed by atoms with Crippen molar-refractivity contribution in [3.05, 3.63) is 72.1 Å². The third kappa shape index (κ3) is 5.18. The Kier molecular flexibility index (Phi) is 7.08. The molecule has 2 aromatic carbocycles. The van der Waals surface area contributed by atoms with E-state index in [0.717, 1.165) is 17.6 Å². The van der Waals surface area contributed by atoms with Gasteiger partial charge in [-0.05, 0) is 50.1 Å². The minimum Gasteiger partial charge on any atom is -0.490 e. The molecule has 30 heavy (non-hydrogen) atoms. The molecule has 1 heterocycles. The summed E-state index contributed by atoms with van der Waals surface area (Å²) in [6.07, 6.45) is 5.80. The molecule has 0 radical (unpaired) electrons. The molecule has 4 rings (SSSR count). The van der Waals surface area contributed by atoms with E-state index < -0.39 is 5.82 Å². The summed E-state index contributed by atoms with van der Waals surface area (Å²) < 4.78 is 27.5. The number of rotatable bonds is 7. The van der Waals surface area contributed by atoms with Crippen LogP contribution in [0, 0.1) is 17.1 Å². The molecule has 1 fully saturated rings. The van der Waals surface area contributed by atoms with Gasteiger partial charge in [-0.2, -0.15) is 5.26 Å². The number of nitrogens with zero attached hydrogens (tertiary/aromatic N) is 3. The molecule has 0 N–H and O–H groups in total. The van der Waals surface area contributed by atoms with E-state index in [2.05, 4.69) is 9.55 Å². The molecule has 1 atom stereocenters. The van der Waals surface area contributed by atoms with Gasteiger partial charge in [-0.1, -0.05) is 19.9 Å². The molecule has 1 saturated carbocycles. The Morgan fingerprint density at radius 2 is 2.03 bits per heavy atom. The molecule has 1 aliphatic rings. The van der Waals surface area contributed by atoms with Crippen LogP contribution in [-0.4, -0.2) is 22.3 Å². The van der Waals surface area contributed by atoms with Gasteiger partial charge in [0.1, 0.15) is 24.3 Å². The van der Waals surface area contributed by atoms with Gasteiger partial charge in [0.15, 0.2) is 11.6 Å². The lowest BCUT2D eigenvalue weighted by molar-refractivity contribution is 0.138. The van der Waals surface area contributed by atoms with Crippen LogP contribution in [0.1, 0.15) is 50.9 Å². The highest BCUT2D eigenvalue weighted by Crippen LogP contribution is 2.40. The lowest BCUT2D eigenvalue weighted by Gasteiger charge is -2.17. The van der Waals surface area contributed by atoms with Crippen molar-refractivity contribution in [2.75, 3.05) is 6.61 Å². The fourth-order valence-electron chi connectivity index (χ4n) is 3.03. The standard InChI is InChI=1S/C22H20FN3O2.C2H6/c1-15(28-21-8-5-16(13-24)11-20(21)23)14-27-19-4-2-3-18(12-19)26-10-9-25-22(26)17-6-7-17;1-2/h2-5,8-12,15,17H,6-7,14H2,1H3;1-2H3. The summed E-state index contributed by atoms with van der Waals surface area (Å²) >= 11 is 0. The lowest BCUT2D eigenvalue weighted by Crippen LogP contribution is -2.21. The first-order chi connectivity index (χ1) is 14.6. The average molecular weight is 407 g/mol. The van der Waals surface area contributed by atoms with Crippen molar-refractivity contribution < 1.29 is 13.9 Å². The molecule has 5 nitrogen and oxygen atoms in total. The lowest BCUT2D eigenvalue weighted by atomic mass is 10.2. The van der Waals surface area contributed by atoms with Crippen LogP contribution in [0.5, 0.6) is 11.5 Å². The van der Waals surface area contributed by atoms with Gasteiger partial charge in [0.2, 0.25) is 0 Å². The topological polar surface area (TPSA) is 60.1 Å². The van der Waals surface area contributed by atoms with Gasteiger partial charge in [0.25, 0.3) is 0 Å². The monoisotopic (exact) mass is 407 g/mol. The molecule has 0 bridgehead atoms. The maximum absolute atomic E-state index is 14.0. The zero-order valence-electron chi connectivity index (χ0n) is 17.5. The second kappa shape index (κ2) is 9.93. The molecule has 0 spiro atoms. The van der Waals surface area contributed by atoms with E-state index in [1.54, 1.807) is 0 Å². The van der Waals surface area contributed by atoms with Gasteiger partial charge in [0, 0.05) is 24.4 Å². The van der Waals surface area contributed by atoms with Crippen molar-refractivity contribution in [1.82, 2.24) is 9.55 Å². The highest BCUT2D eigenvalue weighted by Gasteiger charge is 2.28. The predicted octanol–water partition coefficient (Wildman–Crippen LogP) is 5.63. The maximum Gasteiger partial charge on any atom is 0.166 e. The summed E-state index contributed by atoms with van der Waals surface area (Å²) in [5.74, 6) is 1.90. The first-order valence-corrected chi connectivity index (χ1v) is 10.3. The molecule has 6 heteroatoms. The minimum absolute atomic E-state index is 0.108. The summed E-state index contributed by atoms with van der Waals surface area (Å²) in [7, 11) is 0. The molecule has 1 aromatic heterocycles. The fourth-order valence-corrected chi connectivity index (χ4v) is 3.03. The minimum atomic E-state index is -0.555. The van der Waals surface area contributed by atoms with Gasteiger partial charge in [-0.15, -0.1) is 0 Å². The first-order valence-electron chi connectivity index (χ1n) is 10.3. The zero-order valence-corrected chi connectivity index (χ0v) is 17.5. The third-order valence-corrected chi connectivity index (χ3v) is 4.58. The number of nitriles is 1. The maximum atomic E-state index is 14.0. The summed E-state index contributed by atoms with van der Waals surface area (Å²) in [5, 5.41) is 8.80. The second-order valence-corrected chi connectivity index (χ2v) is 6.92. The SMILES string of the molecule is CC.CC(COc1cccc(-n2ccnc2C2CC2)c1)Oc1ccc(C#N)cc1F. The fraction of sp³-hybridized carbons (Fsp3) is 0.333. The predicted molar refractivity (Wildman–Crippen MR) is 114 cm³/mol. The molecular formula is C24H26FN3O2. The van der Waals surface area contributed by atoms with Crippen LogP contribution < -0.4 is 9.47 Å². The third-order valence-electron chi connectivity index (χ3n) is 4.58. The van der Waals surface area contributed by atoms with Gasteiger partial charge >= 0.3 is 0 Å². The Morgan fingerprint density at radius 1 is 1.23 bits per heavy atom. The number of halogens is 1. The van der Waals surface area contributed by atoms with Gasteiger partial charge in [-0.25, -0.2) is 9.37 Å². The van der Waals surface area contributed by atoms with Crippen LogP contribution in [-0.2, 0) is 0 Å². The quantitative estimate of drug-likeness (QED) is 0.509. The zero-order chi connectivity index (χ0) is 21.5. The van der Waals surface area contributed by atoms with E-state index in [0.29, 0.717) is 11.7 Å². The number of imidazole rings is 1. The summed E-state index contributed by atoms with van der Waals surface area (Å²) in [4.78, 5) is 4.47. The van der Waals surface area contributed by atoms with E-state index in [1.807, 2.05) is 63.5 Å². The van der Waals surface area contributed by atoms with E-state index in [1.165, 1.54) is 25.0 Å². The molecule has 0 aliphatic heterocycles. The number of hydrogen-bond acceptors (Lipinski definition) is 4. The number of aromatic nitrogens is 2. The molecule has 156 valence electrons. The smallest absolute Gasteiger partial charge is 0.166 e. The average Bonchev–Trinajstić information content (AvgIpc) is 3.51. The van der Waals surface area contributed by atoms with Crippen LogP contribution in [0.4, 0.5) is 4.39 Å². The molecule has 0 saturated heterocycles. The summed E-state index contributed by atoms with van der Waals surface area (Å²) in [5.41, 5.74) is 1.26. The number of hydrogen-bond donors (Lipinski definition) is 0. The van der Waals surface area contributed by atoms with Crippen molar-refractivity contribution in [3.8, 4) is 23.3 Å². The van der Waals surface area contributed by atoms with Gasteiger partial charge in [0.05, 0.1) is 17.3 Å². The Balaban J connectivity index is 0.00000124. The van der Waals surface area contributed by atoms with Crippen molar-refractivity contribution in [1.29, 1.82) is 5.26 Å². The van der Waals surface area contributed by atoms with Crippen molar-refractivity contribution in [3.63, 3.8) is 0 Å². The van der Waals surface area contributed by atoms with E-state index >= 15 is 0 Å². The highest BCUT2D eigenvalue weighted by atomic mass is 19.1. The van der Waals surface area contributed by atoms with Gasteiger partial charge in [-0.3, -0.25) is 0 Å². The van der Waals surface area contributed by atoms with E-state index in [4.69, 9.17) is 14.7 Å². The summed E-state index contributed by atoms with van der Waals surface area (Å²) in [6, 6.07) is 13.8. The highest BCUT2D eigenvalue weighted by molar-refractivity contribution is 5.41. The van der Waals surface area contributed by atoms with Crippen LogP contribution in [0.25, 0.3) is 5.69 Å². The molecular weight excluding hydrogens is 381 g/mol. The Bertz CT molecular complexity index is 1020. The molecule has 1 aliphatic carbocycles. The van der Waals surface area contributed by atoms with Crippen LogP contribution >= 0.6 is 0 Å².